The van der Waals surface area contributed by atoms with Crippen LogP contribution in [-0.4, -0.2) is 69.7 Å². The fraction of sp³-hybridized carbons (Fsp3) is 0.385. The normalized spacial score (nSPS) is 10.5. The first kappa shape index (κ1) is 30.6. The Labute approximate surface area is 236 Å². The molecule has 0 bridgehead atoms. The first-order valence-electron chi connectivity index (χ1n) is 12.9. The number of aldehydes is 1. The van der Waals surface area contributed by atoms with E-state index in [9.17, 15) is 19.2 Å². The van der Waals surface area contributed by atoms with E-state index in [-0.39, 0.29) is 30.2 Å². The number of unbranched alkanes of at least 4 members (excludes halogenated alkanes) is 4. The SMILES string of the molecule is CNC(=O)c1nnc(NC(=O)CNOC(=O)CCCCCCC=O)cc1Nc1cccc(-c2ncn(C)n2)c1OC. The number of benzene rings is 1. The van der Waals surface area contributed by atoms with Gasteiger partial charge in [-0.3, -0.25) is 19.1 Å². The minimum Gasteiger partial charge on any atom is -0.494 e. The van der Waals surface area contributed by atoms with Gasteiger partial charge < -0.3 is 30.3 Å². The largest absolute Gasteiger partial charge is 0.494 e. The molecular weight excluding hydrogens is 534 g/mol. The van der Waals surface area contributed by atoms with E-state index in [2.05, 4.69) is 41.7 Å². The summed E-state index contributed by atoms with van der Waals surface area (Å²) in [7, 11) is 4.71. The third kappa shape index (κ3) is 9.06. The van der Waals surface area contributed by atoms with E-state index in [1.165, 1.54) is 20.2 Å². The maximum absolute atomic E-state index is 12.5. The molecule has 0 saturated heterocycles. The van der Waals surface area contributed by atoms with Crippen LogP contribution in [0.25, 0.3) is 11.4 Å². The first-order valence-corrected chi connectivity index (χ1v) is 12.9. The number of hydrogen-bond acceptors (Lipinski definition) is 12. The summed E-state index contributed by atoms with van der Waals surface area (Å²) in [6, 6.07) is 6.75. The molecule has 0 spiro atoms. The molecule has 0 aliphatic heterocycles. The summed E-state index contributed by atoms with van der Waals surface area (Å²) >= 11 is 0. The summed E-state index contributed by atoms with van der Waals surface area (Å²) in [6.45, 7) is -0.334. The maximum Gasteiger partial charge on any atom is 0.324 e. The smallest absolute Gasteiger partial charge is 0.324 e. The molecular formula is C26H33N9O6. The highest BCUT2D eigenvalue weighted by molar-refractivity contribution is 5.99. The second-order valence-corrected chi connectivity index (χ2v) is 8.79. The third-order valence-electron chi connectivity index (χ3n) is 5.70. The fourth-order valence-electron chi connectivity index (χ4n) is 3.74. The number of ether oxygens (including phenoxy) is 1. The van der Waals surface area contributed by atoms with E-state index in [4.69, 9.17) is 9.57 Å². The number of aryl methyl sites for hydroxylation is 1. The van der Waals surface area contributed by atoms with E-state index < -0.39 is 17.8 Å². The number of nitrogens with zero attached hydrogens (tertiary/aromatic N) is 5. The molecule has 2 aromatic heterocycles. The van der Waals surface area contributed by atoms with Crippen LogP contribution in [0, 0.1) is 0 Å². The van der Waals surface area contributed by atoms with Crippen LogP contribution in [0.2, 0.25) is 0 Å². The van der Waals surface area contributed by atoms with Crippen molar-refractivity contribution in [3.63, 3.8) is 0 Å². The molecule has 0 atom stereocenters. The van der Waals surface area contributed by atoms with Crippen molar-refractivity contribution in [2.45, 2.75) is 38.5 Å². The minimum absolute atomic E-state index is 0.0212. The number of hydroxylamine groups is 1. The van der Waals surface area contributed by atoms with Gasteiger partial charge in [-0.1, -0.05) is 18.9 Å². The average Bonchev–Trinajstić information content (AvgIpc) is 3.40. The molecule has 2 heterocycles. The molecule has 3 aromatic rings. The molecule has 0 radical (unpaired) electrons. The van der Waals surface area contributed by atoms with Crippen molar-refractivity contribution < 1.29 is 28.8 Å². The zero-order valence-corrected chi connectivity index (χ0v) is 23.1. The van der Waals surface area contributed by atoms with Crippen molar-refractivity contribution in [1.29, 1.82) is 0 Å². The quantitative estimate of drug-likeness (QED) is 0.112. The summed E-state index contributed by atoms with van der Waals surface area (Å²) < 4.78 is 7.19. The highest BCUT2D eigenvalue weighted by Gasteiger charge is 2.19. The van der Waals surface area contributed by atoms with E-state index in [0.29, 0.717) is 35.7 Å². The highest BCUT2D eigenvalue weighted by atomic mass is 16.7. The van der Waals surface area contributed by atoms with Crippen molar-refractivity contribution in [1.82, 2.24) is 35.8 Å². The number of para-hydroxylation sites is 1. The summed E-state index contributed by atoms with van der Waals surface area (Å²) in [5, 5.41) is 20.4. The third-order valence-corrected chi connectivity index (χ3v) is 5.70. The number of rotatable bonds is 16. The van der Waals surface area contributed by atoms with E-state index in [1.807, 2.05) is 0 Å². The molecule has 15 nitrogen and oxygen atoms in total. The molecule has 4 N–H and O–H groups in total. The lowest BCUT2D eigenvalue weighted by Gasteiger charge is -2.16. The van der Waals surface area contributed by atoms with Gasteiger partial charge in [-0.15, -0.1) is 15.7 Å². The van der Waals surface area contributed by atoms with Crippen LogP contribution < -0.4 is 26.2 Å². The predicted molar refractivity (Wildman–Crippen MR) is 148 cm³/mol. The van der Waals surface area contributed by atoms with Gasteiger partial charge in [0, 0.05) is 33.0 Å². The van der Waals surface area contributed by atoms with Gasteiger partial charge in [0.1, 0.15) is 19.2 Å². The van der Waals surface area contributed by atoms with Crippen LogP contribution >= 0.6 is 0 Å². The Morgan fingerprint density at radius 3 is 2.59 bits per heavy atom. The Hall–Kier alpha value is -4.92. The minimum atomic E-state index is -0.555. The molecule has 0 saturated carbocycles. The van der Waals surface area contributed by atoms with Gasteiger partial charge in [0.15, 0.2) is 23.1 Å². The summed E-state index contributed by atoms with van der Waals surface area (Å²) in [5.74, 6) is -0.627. The Morgan fingerprint density at radius 2 is 1.88 bits per heavy atom. The lowest BCUT2D eigenvalue weighted by Crippen LogP contribution is -2.30. The van der Waals surface area contributed by atoms with Crippen LogP contribution in [0.1, 0.15) is 49.0 Å². The van der Waals surface area contributed by atoms with Crippen molar-refractivity contribution in [3.05, 3.63) is 36.3 Å². The molecule has 0 aliphatic rings. The van der Waals surface area contributed by atoms with Gasteiger partial charge in [-0.25, -0.2) is 4.98 Å². The van der Waals surface area contributed by atoms with Crippen molar-refractivity contribution >= 4 is 41.3 Å². The number of carbonyl (C=O) groups is 4. The molecule has 2 amide bonds. The number of methoxy groups -OCH3 is 1. The molecule has 0 unspecified atom stereocenters. The van der Waals surface area contributed by atoms with Crippen molar-refractivity contribution in [3.8, 4) is 17.1 Å². The first-order chi connectivity index (χ1) is 19.9. The lowest BCUT2D eigenvalue weighted by atomic mass is 10.1. The average molecular weight is 568 g/mol. The van der Waals surface area contributed by atoms with E-state index in [0.717, 1.165) is 25.5 Å². The van der Waals surface area contributed by atoms with E-state index in [1.54, 1.807) is 36.3 Å². The molecule has 15 heteroatoms. The number of carbonyl (C=O) groups excluding carboxylic acids is 4. The predicted octanol–water partition coefficient (Wildman–Crippen LogP) is 1.91. The standard InChI is InChI=1S/C26H33N9O6/c1-27-26(39)23-19(30-18-11-9-10-17(24(18)40-3)25-28-16-35(2)34-25)14-20(32-33-23)31-21(37)15-29-41-22(38)12-7-5-4-6-8-13-36/h9-11,13-14,16,29H,4-8,12,15H2,1-3H3,(H,27,39)(H2,30,31,32,37). The maximum atomic E-state index is 12.5. The van der Waals surface area contributed by atoms with Crippen LogP contribution in [0.5, 0.6) is 5.75 Å². The van der Waals surface area contributed by atoms with Crippen LogP contribution in [-0.2, 0) is 26.3 Å². The van der Waals surface area contributed by atoms with Crippen LogP contribution in [0.15, 0.2) is 30.6 Å². The topological polar surface area (TPSA) is 191 Å². The zero-order valence-electron chi connectivity index (χ0n) is 23.1. The van der Waals surface area contributed by atoms with Gasteiger partial charge in [0.2, 0.25) is 5.91 Å². The van der Waals surface area contributed by atoms with Gasteiger partial charge in [-0.05, 0) is 25.0 Å². The van der Waals surface area contributed by atoms with Gasteiger partial charge >= 0.3 is 5.97 Å². The Morgan fingerprint density at radius 1 is 1.07 bits per heavy atom. The summed E-state index contributed by atoms with van der Waals surface area (Å²) in [4.78, 5) is 56.2. The molecule has 3 rings (SSSR count). The Bertz CT molecular complexity index is 1360. The molecule has 41 heavy (non-hydrogen) atoms. The number of nitrogens with one attached hydrogen (secondary N) is 4. The number of aromatic nitrogens is 5. The highest BCUT2D eigenvalue weighted by Crippen LogP contribution is 2.37. The fourth-order valence-corrected chi connectivity index (χ4v) is 3.74. The van der Waals surface area contributed by atoms with Gasteiger partial charge in [-0.2, -0.15) is 5.10 Å². The second-order valence-electron chi connectivity index (χ2n) is 8.79. The van der Waals surface area contributed by atoms with E-state index >= 15 is 0 Å². The second kappa shape index (κ2) is 15.6. The monoisotopic (exact) mass is 567 g/mol. The number of amides is 2. The summed E-state index contributed by atoms with van der Waals surface area (Å²) in [5.41, 5.74) is 3.66. The number of anilines is 3. The molecule has 0 fully saturated rings. The van der Waals surface area contributed by atoms with Gasteiger partial charge in [0.25, 0.3) is 5.91 Å². The molecule has 218 valence electrons. The Balaban J connectivity index is 1.65. The van der Waals surface area contributed by atoms with Crippen LogP contribution in [0.4, 0.5) is 17.2 Å². The van der Waals surface area contributed by atoms with Gasteiger partial charge in [0.05, 0.1) is 24.0 Å². The Kier molecular flexibility index (Phi) is 11.7. The molecule has 1 aromatic carbocycles. The molecule has 0 aliphatic carbocycles. The lowest BCUT2D eigenvalue weighted by molar-refractivity contribution is -0.151. The summed E-state index contributed by atoms with van der Waals surface area (Å²) in [6.07, 6.45) is 6.24. The van der Waals surface area contributed by atoms with Crippen molar-refractivity contribution in [2.75, 3.05) is 31.3 Å². The number of hydrogen-bond donors (Lipinski definition) is 4. The van der Waals surface area contributed by atoms with Crippen molar-refractivity contribution in [2.24, 2.45) is 7.05 Å². The zero-order chi connectivity index (χ0) is 29.6. The van der Waals surface area contributed by atoms with Crippen LogP contribution in [0.3, 0.4) is 0 Å².